The standard InChI is InChI=1S/C24H15NS/c1-2-8-18-16(6-1)7-5-11-21(18)25-22-10-4-3-9-19(22)20-15-24-17(12-13-26-24)14-23(20)25/h1-15H. The van der Waals surface area contributed by atoms with E-state index in [4.69, 9.17) is 0 Å². The molecule has 26 heavy (non-hydrogen) atoms. The van der Waals surface area contributed by atoms with E-state index in [9.17, 15) is 0 Å². The third-order valence-corrected chi connectivity index (χ3v) is 6.13. The maximum Gasteiger partial charge on any atom is 0.0548 e. The monoisotopic (exact) mass is 349 g/mol. The van der Waals surface area contributed by atoms with Crippen molar-refractivity contribution in [1.29, 1.82) is 0 Å². The van der Waals surface area contributed by atoms with Crippen LogP contribution in [0.2, 0.25) is 0 Å². The lowest BCUT2D eigenvalue weighted by Gasteiger charge is -2.11. The summed E-state index contributed by atoms with van der Waals surface area (Å²) in [5.74, 6) is 0. The number of rotatable bonds is 1. The second-order valence-corrected chi connectivity index (χ2v) is 7.63. The van der Waals surface area contributed by atoms with Crippen LogP contribution in [0.25, 0.3) is 48.4 Å². The molecule has 0 N–H and O–H groups in total. The molecule has 0 saturated heterocycles. The van der Waals surface area contributed by atoms with Gasteiger partial charge in [-0.15, -0.1) is 11.3 Å². The zero-order valence-corrected chi connectivity index (χ0v) is 14.8. The number of thiophene rings is 1. The number of aromatic nitrogens is 1. The van der Waals surface area contributed by atoms with E-state index >= 15 is 0 Å². The maximum absolute atomic E-state index is 2.42. The van der Waals surface area contributed by atoms with Crippen LogP contribution in [0, 0.1) is 0 Å². The Morgan fingerprint density at radius 1 is 0.577 bits per heavy atom. The van der Waals surface area contributed by atoms with Gasteiger partial charge in [-0.25, -0.2) is 0 Å². The predicted molar refractivity (Wildman–Crippen MR) is 114 cm³/mol. The summed E-state index contributed by atoms with van der Waals surface area (Å²) in [5.41, 5.74) is 3.77. The fourth-order valence-corrected chi connectivity index (χ4v) is 4.90. The smallest absolute Gasteiger partial charge is 0.0548 e. The second-order valence-electron chi connectivity index (χ2n) is 6.68. The lowest BCUT2D eigenvalue weighted by Crippen LogP contribution is -1.94. The number of fused-ring (bicyclic) bond motifs is 5. The molecule has 122 valence electrons. The summed E-state index contributed by atoms with van der Waals surface area (Å²) in [6.45, 7) is 0. The van der Waals surface area contributed by atoms with Gasteiger partial charge in [-0.3, -0.25) is 0 Å². The topological polar surface area (TPSA) is 4.93 Å². The number of nitrogens with zero attached hydrogens (tertiary/aromatic N) is 1. The molecule has 0 bridgehead atoms. The van der Waals surface area contributed by atoms with Crippen LogP contribution >= 0.6 is 11.3 Å². The summed E-state index contributed by atoms with van der Waals surface area (Å²) in [5, 5.41) is 8.67. The molecule has 0 spiro atoms. The van der Waals surface area contributed by atoms with Crippen molar-refractivity contribution in [3.05, 3.63) is 90.3 Å². The minimum absolute atomic E-state index is 1.24. The summed E-state index contributed by atoms with van der Waals surface area (Å²) >= 11 is 1.81. The van der Waals surface area contributed by atoms with Gasteiger partial charge in [0.25, 0.3) is 0 Å². The third kappa shape index (κ3) is 1.85. The summed E-state index contributed by atoms with van der Waals surface area (Å²) in [6, 6.07) is 30.8. The zero-order chi connectivity index (χ0) is 17.1. The van der Waals surface area contributed by atoms with Crippen LogP contribution in [0.1, 0.15) is 0 Å². The van der Waals surface area contributed by atoms with Gasteiger partial charge in [0.05, 0.1) is 16.7 Å². The number of hydrogen-bond acceptors (Lipinski definition) is 1. The zero-order valence-electron chi connectivity index (χ0n) is 14.0. The fraction of sp³-hybridized carbons (Fsp3) is 0. The van der Waals surface area contributed by atoms with Crippen molar-refractivity contribution < 1.29 is 0 Å². The first-order chi connectivity index (χ1) is 12.9. The SMILES string of the molecule is c1ccc2c(-n3c4ccccc4c4cc5sccc5cc43)cccc2c1. The van der Waals surface area contributed by atoms with E-state index in [1.54, 1.807) is 0 Å². The Balaban J connectivity index is 1.87. The Morgan fingerprint density at radius 3 is 2.35 bits per heavy atom. The van der Waals surface area contributed by atoms with Gasteiger partial charge in [-0.2, -0.15) is 0 Å². The Labute approximate surface area is 154 Å². The van der Waals surface area contributed by atoms with Crippen LogP contribution in [-0.2, 0) is 0 Å². The van der Waals surface area contributed by atoms with Crippen molar-refractivity contribution in [2.24, 2.45) is 0 Å². The highest BCUT2D eigenvalue weighted by Gasteiger charge is 2.14. The summed E-state index contributed by atoms with van der Waals surface area (Å²) in [6.07, 6.45) is 0. The van der Waals surface area contributed by atoms with Crippen molar-refractivity contribution in [1.82, 2.24) is 4.57 Å². The molecule has 2 aromatic heterocycles. The van der Waals surface area contributed by atoms with Crippen LogP contribution in [0.4, 0.5) is 0 Å². The number of para-hydroxylation sites is 1. The highest BCUT2D eigenvalue weighted by atomic mass is 32.1. The lowest BCUT2D eigenvalue weighted by molar-refractivity contribution is 1.20. The minimum atomic E-state index is 1.24. The van der Waals surface area contributed by atoms with Crippen molar-refractivity contribution in [3.63, 3.8) is 0 Å². The molecule has 0 unspecified atom stereocenters. The molecule has 0 fully saturated rings. The summed E-state index contributed by atoms with van der Waals surface area (Å²) < 4.78 is 3.77. The molecule has 0 aliphatic carbocycles. The fourth-order valence-electron chi connectivity index (χ4n) is 4.09. The van der Waals surface area contributed by atoms with E-state index in [1.165, 1.54) is 48.4 Å². The van der Waals surface area contributed by atoms with Gasteiger partial charge in [0.2, 0.25) is 0 Å². The van der Waals surface area contributed by atoms with Gasteiger partial charge < -0.3 is 4.57 Å². The Bertz CT molecular complexity index is 1430. The molecular weight excluding hydrogens is 334 g/mol. The van der Waals surface area contributed by atoms with Crippen LogP contribution in [0.5, 0.6) is 0 Å². The van der Waals surface area contributed by atoms with Crippen molar-refractivity contribution in [2.75, 3.05) is 0 Å². The molecule has 0 aliphatic heterocycles. The Kier molecular flexibility index (Phi) is 2.82. The second kappa shape index (κ2) is 5.20. The van der Waals surface area contributed by atoms with Crippen molar-refractivity contribution in [2.45, 2.75) is 0 Å². The van der Waals surface area contributed by atoms with E-state index in [-0.39, 0.29) is 0 Å². The third-order valence-electron chi connectivity index (χ3n) is 5.25. The van der Waals surface area contributed by atoms with Crippen molar-refractivity contribution in [3.8, 4) is 5.69 Å². The summed E-state index contributed by atoms with van der Waals surface area (Å²) in [4.78, 5) is 0. The molecule has 6 aromatic rings. The van der Waals surface area contributed by atoms with Gasteiger partial charge in [0.15, 0.2) is 0 Å². The van der Waals surface area contributed by atoms with E-state index < -0.39 is 0 Å². The lowest BCUT2D eigenvalue weighted by atomic mass is 10.1. The molecule has 0 saturated carbocycles. The quantitative estimate of drug-likeness (QED) is 0.297. The number of benzene rings is 4. The Hall–Kier alpha value is -3.10. The average Bonchev–Trinajstić information content (AvgIpc) is 3.27. The average molecular weight is 349 g/mol. The van der Waals surface area contributed by atoms with Crippen LogP contribution in [0.3, 0.4) is 0 Å². The minimum Gasteiger partial charge on any atom is -0.309 e. The molecular formula is C24H15NS. The first-order valence-corrected chi connectivity index (χ1v) is 9.67. The molecule has 0 aliphatic rings. The summed E-state index contributed by atoms with van der Waals surface area (Å²) in [7, 11) is 0. The molecule has 2 heteroatoms. The van der Waals surface area contributed by atoms with E-state index in [0.29, 0.717) is 0 Å². The van der Waals surface area contributed by atoms with Crippen molar-refractivity contribution >= 4 is 54.0 Å². The van der Waals surface area contributed by atoms with Gasteiger partial charge in [-0.05, 0) is 46.5 Å². The highest BCUT2D eigenvalue weighted by molar-refractivity contribution is 7.17. The Morgan fingerprint density at radius 2 is 1.38 bits per heavy atom. The molecule has 1 nitrogen and oxygen atoms in total. The normalized spacial score (nSPS) is 11.8. The first kappa shape index (κ1) is 14.1. The molecule has 0 atom stereocenters. The first-order valence-electron chi connectivity index (χ1n) is 8.79. The van der Waals surface area contributed by atoms with Crippen LogP contribution < -0.4 is 0 Å². The molecule has 0 radical (unpaired) electrons. The van der Waals surface area contributed by atoms with E-state index in [2.05, 4.69) is 94.9 Å². The maximum atomic E-state index is 2.42. The van der Waals surface area contributed by atoms with Gasteiger partial charge >= 0.3 is 0 Å². The molecule has 2 heterocycles. The van der Waals surface area contributed by atoms with Gasteiger partial charge in [0, 0.05) is 20.9 Å². The van der Waals surface area contributed by atoms with Gasteiger partial charge in [-0.1, -0.05) is 54.6 Å². The van der Waals surface area contributed by atoms with Crippen LogP contribution in [-0.4, -0.2) is 4.57 Å². The molecule has 6 rings (SSSR count). The molecule has 0 amide bonds. The van der Waals surface area contributed by atoms with E-state index in [0.717, 1.165) is 0 Å². The van der Waals surface area contributed by atoms with Crippen LogP contribution in [0.15, 0.2) is 90.3 Å². The van der Waals surface area contributed by atoms with Gasteiger partial charge in [0.1, 0.15) is 0 Å². The predicted octanol–water partition coefficient (Wildman–Crippen LogP) is 7.15. The number of hydrogen-bond donors (Lipinski definition) is 0. The highest BCUT2D eigenvalue weighted by Crippen LogP contribution is 2.37. The molecule has 4 aromatic carbocycles. The van der Waals surface area contributed by atoms with E-state index in [1.807, 2.05) is 11.3 Å². The largest absolute Gasteiger partial charge is 0.309 e.